The summed E-state index contributed by atoms with van der Waals surface area (Å²) >= 11 is 0. The van der Waals surface area contributed by atoms with E-state index in [1.807, 2.05) is 60.7 Å². The maximum atomic E-state index is 10.5. The first-order valence-electron chi connectivity index (χ1n) is 8.18. The largest absolute Gasteiger partial charge is 0.390 e. The molecule has 0 aliphatic rings. The van der Waals surface area contributed by atoms with Crippen molar-refractivity contribution in [3.05, 3.63) is 92.7 Å². The Labute approximate surface area is 151 Å². The monoisotopic (exact) mass is 352 g/mol. The van der Waals surface area contributed by atoms with Crippen LogP contribution in [0.2, 0.25) is 0 Å². The van der Waals surface area contributed by atoms with Gasteiger partial charge < -0.3 is 10.2 Å². The maximum absolute atomic E-state index is 10.5. The molecule has 0 spiro atoms. The van der Waals surface area contributed by atoms with Crippen LogP contribution < -0.4 is 0 Å². The van der Waals surface area contributed by atoms with Gasteiger partial charge in [-0.15, -0.1) is 0 Å². The highest BCUT2D eigenvalue weighted by molar-refractivity contribution is 5.18. The van der Waals surface area contributed by atoms with E-state index in [0.717, 1.165) is 11.1 Å². The molecule has 0 bridgehead atoms. The number of nitrogens with zero attached hydrogens (tertiary/aromatic N) is 6. The van der Waals surface area contributed by atoms with Gasteiger partial charge in [0.15, 0.2) is 0 Å². The van der Waals surface area contributed by atoms with E-state index in [1.165, 1.54) is 0 Å². The zero-order valence-electron chi connectivity index (χ0n) is 14.1. The summed E-state index contributed by atoms with van der Waals surface area (Å²) < 4.78 is 0. The van der Waals surface area contributed by atoms with Crippen molar-refractivity contribution in [1.29, 1.82) is 0 Å². The first kappa shape index (κ1) is 19.3. The summed E-state index contributed by atoms with van der Waals surface area (Å²) in [7, 11) is 0. The molecule has 0 unspecified atom stereocenters. The van der Waals surface area contributed by atoms with Gasteiger partial charge >= 0.3 is 0 Å². The topological polar surface area (TPSA) is 138 Å². The Morgan fingerprint density at radius 2 is 1.04 bits per heavy atom. The molecule has 8 heteroatoms. The van der Waals surface area contributed by atoms with Gasteiger partial charge in [0.1, 0.15) is 0 Å². The van der Waals surface area contributed by atoms with E-state index in [2.05, 4.69) is 20.1 Å². The van der Waals surface area contributed by atoms with Gasteiger partial charge in [0, 0.05) is 9.82 Å². The zero-order valence-corrected chi connectivity index (χ0v) is 14.1. The van der Waals surface area contributed by atoms with Crippen LogP contribution in [0, 0.1) is 0 Å². The summed E-state index contributed by atoms with van der Waals surface area (Å²) in [5.74, 6) is 0. The van der Waals surface area contributed by atoms with Crippen molar-refractivity contribution in [2.75, 3.05) is 0 Å². The van der Waals surface area contributed by atoms with Gasteiger partial charge in [0.2, 0.25) is 0 Å². The fraction of sp³-hybridized carbons (Fsp3) is 0.333. The lowest BCUT2D eigenvalue weighted by molar-refractivity contribution is -0.00953. The van der Waals surface area contributed by atoms with Crippen molar-refractivity contribution in [2.24, 2.45) is 10.2 Å². The van der Waals surface area contributed by atoms with Crippen LogP contribution >= 0.6 is 0 Å². The van der Waals surface area contributed by atoms with E-state index in [9.17, 15) is 10.2 Å². The quantitative estimate of drug-likeness (QED) is 0.405. The van der Waals surface area contributed by atoms with Gasteiger partial charge in [0.05, 0.1) is 24.3 Å². The molecule has 0 saturated carbocycles. The first-order valence-corrected chi connectivity index (χ1v) is 8.18. The lowest BCUT2D eigenvalue weighted by Gasteiger charge is -2.27. The number of hydrogen-bond donors (Lipinski definition) is 2. The van der Waals surface area contributed by atoms with Gasteiger partial charge in [-0.2, -0.15) is 0 Å². The number of aliphatic hydroxyl groups is 2. The molecular weight excluding hydrogens is 332 g/mol. The number of aliphatic hydroxyl groups excluding tert-OH is 2. The average Bonchev–Trinajstić information content (AvgIpc) is 2.68. The number of hydrogen-bond acceptors (Lipinski definition) is 4. The highest BCUT2D eigenvalue weighted by Crippen LogP contribution is 2.18. The van der Waals surface area contributed by atoms with Crippen LogP contribution in [0.5, 0.6) is 0 Å². The number of benzene rings is 2. The molecule has 0 heterocycles. The molecule has 0 aromatic heterocycles. The Morgan fingerprint density at radius 1 is 0.692 bits per heavy atom. The van der Waals surface area contributed by atoms with Gasteiger partial charge in [-0.25, -0.2) is 0 Å². The van der Waals surface area contributed by atoms with Gasteiger partial charge in [-0.05, 0) is 35.0 Å². The minimum atomic E-state index is -1.37. The average molecular weight is 352 g/mol. The van der Waals surface area contributed by atoms with Crippen LogP contribution in [0.1, 0.15) is 11.1 Å². The van der Waals surface area contributed by atoms with E-state index in [0.29, 0.717) is 0 Å². The third-order valence-electron chi connectivity index (χ3n) is 4.11. The second kappa shape index (κ2) is 10.1. The van der Waals surface area contributed by atoms with Crippen LogP contribution in [0.15, 0.2) is 70.9 Å². The molecule has 2 rings (SSSR count). The summed E-state index contributed by atoms with van der Waals surface area (Å²) in [6, 6.07) is 16.7. The highest BCUT2D eigenvalue weighted by Gasteiger charge is 2.31. The van der Waals surface area contributed by atoms with Crippen molar-refractivity contribution < 1.29 is 10.2 Å². The lowest BCUT2D eigenvalue weighted by atomic mass is 9.92. The molecule has 2 N–H and O–H groups in total. The third kappa shape index (κ3) is 5.51. The first-order chi connectivity index (χ1) is 12.7. The van der Waals surface area contributed by atoms with E-state index >= 15 is 0 Å². The van der Waals surface area contributed by atoms with Crippen molar-refractivity contribution in [2.45, 2.75) is 37.1 Å². The van der Waals surface area contributed by atoms with Crippen LogP contribution in [0.25, 0.3) is 20.9 Å². The van der Waals surface area contributed by atoms with Gasteiger partial charge in [-0.3, -0.25) is 0 Å². The van der Waals surface area contributed by atoms with Crippen LogP contribution in [0.3, 0.4) is 0 Å². The van der Waals surface area contributed by atoms with Crippen LogP contribution in [-0.2, 0) is 12.8 Å². The zero-order chi connectivity index (χ0) is 18.8. The van der Waals surface area contributed by atoms with E-state index in [-0.39, 0.29) is 12.8 Å². The van der Waals surface area contributed by atoms with E-state index in [4.69, 9.17) is 11.1 Å². The molecule has 0 aliphatic heterocycles. The Kier molecular flexibility index (Phi) is 7.49. The van der Waals surface area contributed by atoms with Crippen molar-refractivity contribution in [3.63, 3.8) is 0 Å². The van der Waals surface area contributed by atoms with Crippen molar-refractivity contribution in [3.8, 4) is 0 Å². The normalized spacial score (nSPS) is 15.0. The molecule has 2 aromatic rings. The van der Waals surface area contributed by atoms with E-state index in [1.54, 1.807) is 0 Å². The predicted molar refractivity (Wildman–Crippen MR) is 98.2 cm³/mol. The summed E-state index contributed by atoms with van der Waals surface area (Å²) in [6.07, 6.45) is -2.22. The Morgan fingerprint density at radius 3 is 1.35 bits per heavy atom. The standard InChI is InChI=1S/C18H20N6O2/c19-23-21-15(11-13-7-3-1-4-8-13)17(25)18(26)16(22-24-20)12-14-9-5-2-6-10-14/h1-10,15-18,25-26H,11-12H2/t15-,16-,17+,18+/m0/s1. The molecule has 8 nitrogen and oxygen atoms in total. The predicted octanol–water partition coefficient (Wildman–Crippen LogP) is 3.55. The SMILES string of the molecule is [N-]=[N+]=N[C@@H](Cc1ccccc1)[C@@H](O)[C@H](O)[C@H](Cc1ccccc1)N=[N+]=[N-]. The number of rotatable bonds is 9. The maximum Gasteiger partial charge on any atom is 0.0891 e. The third-order valence-corrected chi connectivity index (χ3v) is 4.11. The van der Waals surface area contributed by atoms with Crippen LogP contribution in [0.4, 0.5) is 0 Å². The van der Waals surface area contributed by atoms with Crippen LogP contribution in [-0.4, -0.2) is 34.5 Å². The Hall–Kier alpha value is -3.02. The van der Waals surface area contributed by atoms with Gasteiger partial charge in [-0.1, -0.05) is 70.9 Å². The minimum Gasteiger partial charge on any atom is -0.390 e. The number of azide groups is 2. The molecule has 0 amide bonds. The fourth-order valence-electron chi connectivity index (χ4n) is 2.76. The molecule has 134 valence electrons. The summed E-state index contributed by atoms with van der Waals surface area (Å²) in [6.45, 7) is 0. The molecule has 0 radical (unpaired) electrons. The Balaban J connectivity index is 2.17. The molecular formula is C18H20N6O2. The summed E-state index contributed by atoms with van der Waals surface area (Å²) in [5, 5.41) is 28.3. The molecule has 26 heavy (non-hydrogen) atoms. The second-order valence-electron chi connectivity index (χ2n) is 5.91. The van der Waals surface area contributed by atoms with Crippen molar-refractivity contribution in [1.82, 2.24) is 0 Å². The molecule has 0 saturated heterocycles. The summed E-state index contributed by atoms with van der Waals surface area (Å²) in [4.78, 5) is 5.55. The Bertz CT molecular complexity index is 705. The van der Waals surface area contributed by atoms with Gasteiger partial charge in [0.25, 0.3) is 0 Å². The lowest BCUT2D eigenvalue weighted by Crippen LogP contribution is -2.44. The smallest absolute Gasteiger partial charge is 0.0891 e. The second-order valence-corrected chi connectivity index (χ2v) is 5.91. The fourth-order valence-corrected chi connectivity index (χ4v) is 2.76. The van der Waals surface area contributed by atoms with E-state index < -0.39 is 24.3 Å². The minimum absolute atomic E-state index is 0.261. The highest BCUT2D eigenvalue weighted by atomic mass is 16.3. The molecule has 4 atom stereocenters. The summed E-state index contributed by atoms with van der Waals surface area (Å²) in [5.41, 5.74) is 19.3. The molecule has 0 aliphatic carbocycles. The molecule has 2 aromatic carbocycles. The molecule has 0 fully saturated rings. The van der Waals surface area contributed by atoms with Crippen molar-refractivity contribution >= 4 is 0 Å².